The van der Waals surface area contributed by atoms with Crippen LogP contribution in [0.4, 0.5) is 0 Å². The van der Waals surface area contributed by atoms with Gasteiger partial charge in [0.15, 0.2) is 0 Å². The van der Waals surface area contributed by atoms with Gasteiger partial charge in [0, 0.05) is 19.0 Å². The topological polar surface area (TPSA) is 65.4 Å². The number of carbonyl (C=O) groups is 1. The molecule has 0 saturated carbocycles. The number of sulfone groups is 1. The predicted octanol–water partition coefficient (Wildman–Crippen LogP) is 1.10. The molecule has 0 spiro atoms. The van der Waals surface area contributed by atoms with Crippen LogP contribution in [0.1, 0.15) is 23.8 Å². The van der Waals surface area contributed by atoms with Crippen LogP contribution in [0.5, 0.6) is 0 Å². The van der Waals surface area contributed by atoms with Crippen LogP contribution >= 0.6 is 0 Å². The van der Waals surface area contributed by atoms with E-state index in [9.17, 15) is 13.2 Å². The first-order chi connectivity index (χ1) is 7.94. The van der Waals surface area contributed by atoms with Crippen molar-refractivity contribution in [3.63, 3.8) is 0 Å². The zero-order chi connectivity index (χ0) is 12.9. The zero-order valence-corrected chi connectivity index (χ0v) is 10.9. The van der Waals surface area contributed by atoms with Gasteiger partial charge in [0.25, 0.3) is 0 Å². The molecule has 0 bridgehead atoms. The van der Waals surface area contributed by atoms with Crippen LogP contribution in [-0.4, -0.2) is 37.6 Å². The van der Waals surface area contributed by atoms with Crippen LogP contribution in [0, 0.1) is 0 Å². The minimum absolute atomic E-state index is 0.118. The van der Waals surface area contributed by atoms with Crippen molar-refractivity contribution >= 4 is 15.8 Å². The van der Waals surface area contributed by atoms with E-state index in [4.69, 9.17) is 4.74 Å². The smallest absolute Gasteiger partial charge is 0.354 e. The van der Waals surface area contributed by atoms with Gasteiger partial charge in [-0.25, -0.2) is 13.2 Å². The lowest BCUT2D eigenvalue weighted by molar-refractivity contribution is 0.0513. The molecule has 0 amide bonds. The predicted molar refractivity (Wildman–Crippen MR) is 64.7 cm³/mol. The fraction of sp³-hybridized carbons (Fsp3) is 0.545. The molecule has 0 aliphatic rings. The van der Waals surface area contributed by atoms with Crippen LogP contribution in [0.25, 0.3) is 0 Å². The normalized spacial score (nSPS) is 11.4. The molecule has 6 heteroatoms. The SMILES string of the molecule is CCOC(=O)c1cccn1CCCS(C)(=O)=O. The van der Waals surface area contributed by atoms with Gasteiger partial charge in [-0.05, 0) is 25.5 Å². The summed E-state index contributed by atoms with van der Waals surface area (Å²) in [5, 5.41) is 0. The standard InChI is InChI=1S/C11H17NO4S/c1-3-16-11(13)10-6-4-7-12(10)8-5-9-17(2,14)15/h4,6-7H,3,5,8-9H2,1-2H3. The highest BCUT2D eigenvalue weighted by Gasteiger charge is 2.11. The van der Waals surface area contributed by atoms with Crippen LogP contribution in [0.3, 0.4) is 0 Å². The molecular weight excluding hydrogens is 242 g/mol. The number of aromatic nitrogens is 1. The molecule has 96 valence electrons. The average molecular weight is 259 g/mol. The van der Waals surface area contributed by atoms with E-state index in [1.807, 2.05) is 0 Å². The molecule has 1 aromatic rings. The first-order valence-electron chi connectivity index (χ1n) is 5.44. The lowest BCUT2D eigenvalue weighted by Crippen LogP contribution is -2.13. The van der Waals surface area contributed by atoms with Gasteiger partial charge < -0.3 is 9.30 Å². The third-order valence-electron chi connectivity index (χ3n) is 2.23. The van der Waals surface area contributed by atoms with Crippen LogP contribution in [0.15, 0.2) is 18.3 Å². The Balaban J connectivity index is 2.60. The lowest BCUT2D eigenvalue weighted by atomic mass is 10.4. The summed E-state index contributed by atoms with van der Waals surface area (Å²) in [4.78, 5) is 11.5. The summed E-state index contributed by atoms with van der Waals surface area (Å²) >= 11 is 0. The number of ether oxygens (including phenoxy) is 1. The molecule has 0 N–H and O–H groups in total. The van der Waals surface area contributed by atoms with E-state index in [1.165, 1.54) is 6.26 Å². The van der Waals surface area contributed by atoms with Gasteiger partial charge in [-0.2, -0.15) is 0 Å². The molecule has 1 heterocycles. The molecule has 0 unspecified atom stereocenters. The maximum absolute atomic E-state index is 11.5. The number of rotatable bonds is 6. The van der Waals surface area contributed by atoms with Gasteiger partial charge in [0.05, 0.1) is 12.4 Å². The third-order valence-corrected chi connectivity index (χ3v) is 3.26. The van der Waals surface area contributed by atoms with E-state index in [-0.39, 0.29) is 11.7 Å². The zero-order valence-electron chi connectivity index (χ0n) is 10.0. The number of hydrogen-bond acceptors (Lipinski definition) is 4. The molecule has 0 aromatic carbocycles. The van der Waals surface area contributed by atoms with E-state index in [2.05, 4.69) is 0 Å². The molecule has 0 fully saturated rings. The maximum atomic E-state index is 11.5. The summed E-state index contributed by atoms with van der Waals surface area (Å²) in [6.45, 7) is 2.57. The van der Waals surface area contributed by atoms with E-state index in [1.54, 1.807) is 29.8 Å². The molecule has 0 aliphatic carbocycles. The second kappa shape index (κ2) is 5.86. The van der Waals surface area contributed by atoms with Crippen molar-refractivity contribution in [3.8, 4) is 0 Å². The first-order valence-corrected chi connectivity index (χ1v) is 7.50. The monoisotopic (exact) mass is 259 g/mol. The van der Waals surface area contributed by atoms with Gasteiger partial charge >= 0.3 is 5.97 Å². The van der Waals surface area contributed by atoms with E-state index in [0.717, 1.165) is 0 Å². The van der Waals surface area contributed by atoms with Crippen LogP contribution in [-0.2, 0) is 21.1 Å². The Hall–Kier alpha value is -1.30. The minimum Gasteiger partial charge on any atom is -0.461 e. The number of esters is 1. The fourth-order valence-electron chi connectivity index (χ4n) is 1.50. The van der Waals surface area contributed by atoms with E-state index < -0.39 is 9.84 Å². The average Bonchev–Trinajstić information content (AvgIpc) is 2.64. The fourth-order valence-corrected chi connectivity index (χ4v) is 2.15. The van der Waals surface area contributed by atoms with Crippen molar-refractivity contribution in [2.75, 3.05) is 18.6 Å². The second-order valence-electron chi connectivity index (χ2n) is 3.79. The highest BCUT2D eigenvalue weighted by Crippen LogP contribution is 2.06. The van der Waals surface area contributed by atoms with Crippen LogP contribution in [0.2, 0.25) is 0 Å². The minimum atomic E-state index is -2.95. The van der Waals surface area contributed by atoms with Crippen molar-refractivity contribution in [2.45, 2.75) is 19.9 Å². The molecule has 0 saturated heterocycles. The number of hydrogen-bond donors (Lipinski definition) is 0. The van der Waals surface area contributed by atoms with Crippen molar-refractivity contribution < 1.29 is 17.9 Å². The van der Waals surface area contributed by atoms with Crippen molar-refractivity contribution in [1.29, 1.82) is 0 Å². The third kappa shape index (κ3) is 4.60. The number of carbonyl (C=O) groups excluding carboxylic acids is 1. The largest absolute Gasteiger partial charge is 0.461 e. The molecular formula is C11H17NO4S. The van der Waals surface area contributed by atoms with Crippen LogP contribution < -0.4 is 0 Å². The molecule has 17 heavy (non-hydrogen) atoms. The van der Waals surface area contributed by atoms with E-state index >= 15 is 0 Å². The van der Waals surface area contributed by atoms with Gasteiger partial charge in [0.2, 0.25) is 0 Å². The summed E-state index contributed by atoms with van der Waals surface area (Å²) in [5.41, 5.74) is 0.459. The molecule has 0 aliphatic heterocycles. The number of aryl methyl sites for hydroxylation is 1. The Labute approximate surface area is 101 Å². The Morgan fingerprint density at radius 3 is 2.76 bits per heavy atom. The van der Waals surface area contributed by atoms with Crippen molar-refractivity contribution in [1.82, 2.24) is 4.57 Å². The first kappa shape index (κ1) is 13.8. The summed E-state index contributed by atoms with van der Waals surface area (Å²) in [5.74, 6) is -0.259. The molecule has 0 atom stereocenters. The highest BCUT2D eigenvalue weighted by molar-refractivity contribution is 7.90. The summed E-state index contributed by atoms with van der Waals surface area (Å²) in [6.07, 6.45) is 3.43. The molecule has 1 aromatic heterocycles. The van der Waals surface area contributed by atoms with Gasteiger partial charge in [-0.15, -0.1) is 0 Å². The Bertz CT molecular complexity index is 475. The lowest BCUT2D eigenvalue weighted by Gasteiger charge is -2.07. The molecule has 0 radical (unpaired) electrons. The second-order valence-corrected chi connectivity index (χ2v) is 6.05. The highest BCUT2D eigenvalue weighted by atomic mass is 32.2. The van der Waals surface area contributed by atoms with Crippen molar-refractivity contribution in [3.05, 3.63) is 24.0 Å². The van der Waals surface area contributed by atoms with Crippen molar-refractivity contribution in [2.24, 2.45) is 0 Å². The Morgan fingerprint density at radius 1 is 1.47 bits per heavy atom. The van der Waals surface area contributed by atoms with Gasteiger partial charge in [0.1, 0.15) is 15.5 Å². The maximum Gasteiger partial charge on any atom is 0.354 e. The van der Waals surface area contributed by atoms with Gasteiger partial charge in [-0.3, -0.25) is 0 Å². The number of nitrogens with zero attached hydrogens (tertiary/aromatic N) is 1. The Morgan fingerprint density at radius 2 is 2.18 bits per heavy atom. The molecule has 1 rings (SSSR count). The Kier molecular flexibility index (Phi) is 4.74. The molecule has 5 nitrogen and oxygen atoms in total. The summed E-state index contributed by atoms with van der Waals surface area (Å²) < 4.78 is 28.6. The van der Waals surface area contributed by atoms with E-state index in [0.29, 0.717) is 25.3 Å². The summed E-state index contributed by atoms with van der Waals surface area (Å²) in [6, 6.07) is 3.41. The summed E-state index contributed by atoms with van der Waals surface area (Å²) in [7, 11) is -2.95. The quantitative estimate of drug-likeness (QED) is 0.718. The van der Waals surface area contributed by atoms with Gasteiger partial charge in [-0.1, -0.05) is 0 Å².